The molecular weight excluding hydrogens is 452 g/mol. The first kappa shape index (κ1) is 24.2. The molecular formula is C25H32N4O4S. The predicted octanol–water partition coefficient (Wildman–Crippen LogP) is 2.01. The zero-order valence-corrected chi connectivity index (χ0v) is 20.3. The van der Waals surface area contributed by atoms with E-state index in [4.69, 9.17) is 0 Å². The van der Waals surface area contributed by atoms with Gasteiger partial charge >= 0.3 is 0 Å². The molecule has 0 spiro atoms. The van der Waals surface area contributed by atoms with E-state index in [1.54, 1.807) is 9.21 Å². The number of para-hydroxylation sites is 1. The summed E-state index contributed by atoms with van der Waals surface area (Å²) >= 11 is 0. The van der Waals surface area contributed by atoms with Crippen molar-refractivity contribution >= 4 is 33.2 Å². The Hall–Kier alpha value is -2.91. The standard InChI is InChI=1S/C25H32N4O4S/c1-20-8-10-23(11-9-20)29-19-21(18-24(29)30)25(31)26-12-5-17-34(32,33)28-15-13-27(14-16-28)22-6-3-2-4-7-22/h2-4,6-11,21H,5,12-19H2,1H3,(H,26,31). The van der Waals surface area contributed by atoms with Crippen molar-refractivity contribution in [3.63, 3.8) is 0 Å². The number of amides is 2. The van der Waals surface area contributed by atoms with Gasteiger partial charge in [-0.1, -0.05) is 35.9 Å². The van der Waals surface area contributed by atoms with Crippen LogP contribution in [0.5, 0.6) is 0 Å². The molecule has 8 nitrogen and oxygen atoms in total. The second-order valence-electron chi connectivity index (χ2n) is 8.92. The van der Waals surface area contributed by atoms with Crippen molar-refractivity contribution in [1.29, 1.82) is 0 Å². The second-order valence-corrected chi connectivity index (χ2v) is 11.0. The summed E-state index contributed by atoms with van der Waals surface area (Å²) in [6.45, 7) is 4.84. The minimum absolute atomic E-state index is 0.00228. The number of nitrogens with zero attached hydrogens (tertiary/aromatic N) is 3. The Morgan fingerprint density at radius 3 is 2.32 bits per heavy atom. The average molecular weight is 485 g/mol. The lowest BCUT2D eigenvalue weighted by molar-refractivity contribution is -0.126. The van der Waals surface area contributed by atoms with Crippen LogP contribution < -0.4 is 15.1 Å². The predicted molar refractivity (Wildman–Crippen MR) is 133 cm³/mol. The van der Waals surface area contributed by atoms with Crippen molar-refractivity contribution in [3.05, 3.63) is 60.2 Å². The highest BCUT2D eigenvalue weighted by Crippen LogP contribution is 2.25. The molecule has 182 valence electrons. The Morgan fingerprint density at radius 2 is 1.65 bits per heavy atom. The number of aryl methyl sites for hydroxylation is 1. The SMILES string of the molecule is Cc1ccc(N2CC(C(=O)NCCCS(=O)(=O)N3CCN(c4ccccc4)CC3)CC2=O)cc1. The van der Waals surface area contributed by atoms with Crippen molar-refractivity contribution in [2.24, 2.45) is 5.92 Å². The zero-order valence-electron chi connectivity index (χ0n) is 19.5. The molecule has 9 heteroatoms. The maximum absolute atomic E-state index is 12.7. The fraction of sp³-hybridized carbons (Fsp3) is 0.440. The molecule has 1 atom stereocenters. The van der Waals surface area contributed by atoms with Gasteiger partial charge in [0, 0.05) is 57.1 Å². The van der Waals surface area contributed by atoms with Crippen LogP contribution in [-0.2, 0) is 19.6 Å². The first-order chi connectivity index (χ1) is 16.3. The molecule has 34 heavy (non-hydrogen) atoms. The van der Waals surface area contributed by atoms with Crippen molar-refractivity contribution in [1.82, 2.24) is 9.62 Å². The third kappa shape index (κ3) is 5.77. The molecule has 2 aromatic rings. The summed E-state index contributed by atoms with van der Waals surface area (Å²) in [7, 11) is -3.37. The Bertz CT molecular complexity index is 1100. The van der Waals surface area contributed by atoms with Crippen LogP contribution in [0.4, 0.5) is 11.4 Å². The van der Waals surface area contributed by atoms with Crippen molar-refractivity contribution in [3.8, 4) is 0 Å². The highest BCUT2D eigenvalue weighted by atomic mass is 32.2. The van der Waals surface area contributed by atoms with Crippen LogP contribution in [0, 0.1) is 12.8 Å². The number of rotatable bonds is 8. The molecule has 1 unspecified atom stereocenters. The van der Waals surface area contributed by atoms with E-state index in [1.165, 1.54) is 0 Å². The maximum atomic E-state index is 12.7. The van der Waals surface area contributed by atoms with Gasteiger partial charge in [-0.05, 0) is 37.6 Å². The van der Waals surface area contributed by atoms with Crippen LogP contribution in [0.25, 0.3) is 0 Å². The monoisotopic (exact) mass is 484 g/mol. The number of carbonyl (C=O) groups excluding carboxylic acids is 2. The molecule has 2 fully saturated rings. The summed E-state index contributed by atoms with van der Waals surface area (Å²) in [6.07, 6.45) is 0.513. The highest BCUT2D eigenvalue weighted by Gasteiger charge is 2.35. The fourth-order valence-corrected chi connectivity index (χ4v) is 5.95. The Morgan fingerprint density at radius 1 is 0.971 bits per heavy atom. The molecule has 2 aliphatic rings. The zero-order chi connectivity index (χ0) is 24.1. The van der Waals surface area contributed by atoms with Crippen LogP contribution in [0.3, 0.4) is 0 Å². The number of nitrogens with one attached hydrogen (secondary N) is 1. The van der Waals surface area contributed by atoms with Crippen LogP contribution in [0.15, 0.2) is 54.6 Å². The first-order valence-corrected chi connectivity index (χ1v) is 13.4. The number of piperazine rings is 1. The summed E-state index contributed by atoms with van der Waals surface area (Å²) in [4.78, 5) is 28.8. The van der Waals surface area contributed by atoms with Crippen molar-refractivity contribution < 1.29 is 18.0 Å². The first-order valence-electron chi connectivity index (χ1n) is 11.8. The van der Waals surface area contributed by atoms with E-state index in [2.05, 4.69) is 10.2 Å². The lowest BCUT2D eigenvalue weighted by atomic mass is 10.1. The molecule has 1 N–H and O–H groups in total. The summed E-state index contributed by atoms with van der Waals surface area (Å²) < 4.78 is 27.0. The lowest BCUT2D eigenvalue weighted by Crippen LogP contribution is -2.49. The fourth-order valence-electron chi connectivity index (χ4n) is 4.46. The van der Waals surface area contributed by atoms with Gasteiger partial charge in [-0.3, -0.25) is 9.59 Å². The smallest absolute Gasteiger partial charge is 0.227 e. The maximum Gasteiger partial charge on any atom is 0.227 e. The molecule has 0 bridgehead atoms. The number of benzene rings is 2. The van der Waals surface area contributed by atoms with E-state index in [0.717, 1.165) is 16.9 Å². The third-order valence-electron chi connectivity index (χ3n) is 6.47. The molecule has 0 aromatic heterocycles. The van der Waals surface area contributed by atoms with Gasteiger partial charge in [-0.2, -0.15) is 4.31 Å². The molecule has 2 saturated heterocycles. The van der Waals surface area contributed by atoms with Gasteiger partial charge < -0.3 is 15.1 Å². The summed E-state index contributed by atoms with van der Waals surface area (Å²) in [5.41, 5.74) is 3.01. The van der Waals surface area contributed by atoms with E-state index in [0.29, 0.717) is 39.1 Å². The van der Waals surface area contributed by atoms with Crippen molar-refractivity contribution in [2.45, 2.75) is 19.8 Å². The van der Waals surface area contributed by atoms with E-state index in [9.17, 15) is 18.0 Å². The number of sulfonamides is 1. The highest BCUT2D eigenvalue weighted by molar-refractivity contribution is 7.89. The normalized spacial score (nSPS) is 19.4. The van der Waals surface area contributed by atoms with Gasteiger partial charge in [-0.15, -0.1) is 0 Å². The number of carbonyl (C=O) groups is 2. The molecule has 2 amide bonds. The number of hydrogen-bond donors (Lipinski definition) is 1. The molecule has 0 saturated carbocycles. The Labute approximate surface area is 201 Å². The van der Waals surface area contributed by atoms with Crippen LogP contribution in [0.2, 0.25) is 0 Å². The second kappa shape index (κ2) is 10.6. The van der Waals surface area contributed by atoms with Gasteiger partial charge in [0.05, 0.1) is 11.7 Å². The summed E-state index contributed by atoms with van der Waals surface area (Å²) in [5.74, 6) is -0.688. The van der Waals surface area contributed by atoms with E-state index in [1.807, 2.05) is 61.5 Å². The average Bonchev–Trinajstić information content (AvgIpc) is 3.24. The van der Waals surface area contributed by atoms with E-state index >= 15 is 0 Å². The molecule has 2 aromatic carbocycles. The minimum Gasteiger partial charge on any atom is -0.369 e. The Balaban J connectivity index is 1.19. The number of anilines is 2. The minimum atomic E-state index is -3.37. The molecule has 2 aliphatic heterocycles. The van der Waals surface area contributed by atoms with Gasteiger partial charge in [-0.25, -0.2) is 8.42 Å². The van der Waals surface area contributed by atoms with Crippen molar-refractivity contribution in [2.75, 3.05) is 54.8 Å². The van der Waals surface area contributed by atoms with E-state index < -0.39 is 15.9 Å². The lowest BCUT2D eigenvalue weighted by Gasteiger charge is -2.35. The van der Waals surface area contributed by atoms with Crippen LogP contribution in [0.1, 0.15) is 18.4 Å². The Kier molecular flexibility index (Phi) is 7.53. The largest absolute Gasteiger partial charge is 0.369 e. The molecule has 0 aliphatic carbocycles. The van der Waals surface area contributed by atoms with Gasteiger partial charge in [0.25, 0.3) is 0 Å². The third-order valence-corrected chi connectivity index (χ3v) is 8.43. The molecule has 2 heterocycles. The van der Waals surface area contributed by atoms with Crippen LogP contribution in [-0.4, -0.2) is 69.6 Å². The topological polar surface area (TPSA) is 90.0 Å². The van der Waals surface area contributed by atoms with E-state index in [-0.39, 0.29) is 30.5 Å². The molecule has 4 rings (SSSR count). The van der Waals surface area contributed by atoms with Crippen LogP contribution >= 0.6 is 0 Å². The summed E-state index contributed by atoms with van der Waals surface area (Å²) in [6, 6.07) is 17.7. The van der Waals surface area contributed by atoms with Gasteiger partial charge in [0.2, 0.25) is 21.8 Å². The summed E-state index contributed by atoms with van der Waals surface area (Å²) in [5, 5.41) is 2.82. The number of hydrogen-bond acceptors (Lipinski definition) is 5. The quantitative estimate of drug-likeness (QED) is 0.579. The van der Waals surface area contributed by atoms with Gasteiger partial charge in [0.1, 0.15) is 0 Å². The van der Waals surface area contributed by atoms with Gasteiger partial charge in [0.15, 0.2) is 0 Å². The molecule has 0 radical (unpaired) electrons.